The molecule has 2 fully saturated rings. The van der Waals surface area contributed by atoms with Gasteiger partial charge in [-0.25, -0.2) is 15.0 Å². The summed E-state index contributed by atoms with van der Waals surface area (Å²) in [6.07, 6.45) is 13.0. The predicted octanol–water partition coefficient (Wildman–Crippen LogP) is 14.7. The standard InChI is InChI=1S/C57H47N3/c1-5-16-40(17-6-1)53-58-54(41-18-7-2-8-19-41)60-55(59-53)44-21-15-20-42(34-44)38-24-26-39(27-25-38)43-28-29-50-46(35-43)48-37-51-47(36-52(48)57(50)32-13-4-14-33-57)45-22-9-10-23-49(45)56(51)30-11-3-12-31-56/h1-2,5-10,15-29,34-37H,3-4,11-14,30-33H2. The number of hydrogen-bond donors (Lipinski definition) is 0. The topological polar surface area (TPSA) is 38.7 Å². The molecule has 0 aliphatic heterocycles. The van der Waals surface area contributed by atoms with Crippen molar-refractivity contribution in [3.63, 3.8) is 0 Å². The van der Waals surface area contributed by atoms with Gasteiger partial charge in [-0.05, 0) is 117 Å². The van der Waals surface area contributed by atoms with E-state index in [2.05, 4.69) is 127 Å². The molecule has 0 saturated heterocycles. The molecule has 12 rings (SSSR count). The maximum atomic E-state index is 5.00. The molecule has 0 unspecified atom stereocenters. The number of rotatable bonds is 5. The van der Waals surface area contributed by atoms with Crippen LogP contribution in [0.4, 0.5) is 0 Å². The zero-order valence-corrected chi connectivity index (χ0v) is 34.0. The lowest BCUT2D eigenvalue weighted by Crippen LogP contribution is -2.29. The van der Waals surface area contributed by atoms with Crippen molar-refractivity contribution in [2.75, 3.05) is 0 Å². The second-order valence-corrected chi connectivity index (χ2v) is 17.7. The van der Waals surface area contributed by atoms with Crippen LogP contribution in [-0.4, -0.2) is 15.0 Å². The fourth-order valence-electron chi connectivity index (χ4n) is 11.6. The third kappa shape index (κ3) is 5.59. The quantitative estimate of drug-likeness (QED) is 0.175. The van der Waals surface area contributed by atoms with Crippen molar-refractivity contribution in [1.82, 2.24) is 15.0 Å². The minimum atomic E-state index is 0.116. The monoisotopic (exact) mass is 773 g/mol. The van der Waals surface area contributed by atoms with Gasteiger partial charge in [0.25, 0.3) is 0 Å². The van der Waals surface area contributed by atoms with Crippen LogP contribution in [0.15, 0.2) is 164 Å². The maximum Gasteiger partial charge on any atom is 0.164 e. The number of aromatic nitrogens is 3. The first-order chi connectivity index (χ1) is 29.7. The SMILES string of the molecule is c1ccc(-c2nc(-c3ccccc3)nc(-c3cccc(-c4ccc(-c5ccc6c(c5)-c5cc7c(cc5C65CCCCC5)-c5ccccc5C75CCCCC5)cc4)c3)n2)cc1. The summed E-state index contributed by atoms with van der Waals surface area (Å²) in [6.45, 7) is 0. The summed E-state index contributed by atoms with van der Waals surface area (Å²) >= 11 is 0. The van der Waals surface area contributed by atoms with Crippen LogP contribution < -0.4 is 0 Å². The lowest BCUT2D eigenvalue weighted by atomic mass is 9.66. The predicted molar refractivity (Wildman–Crippen MR) is 246 cm³/mol. The molecule has 0 radical (unpaired) electrons. The first-order valence-electron chi connectivity index (χ1n) is 22.2. The summed E-state index contributed by atoms with van der Waals surface area (Å²) in [6, 6.07) is 60.3. The Morgan fingerprint density at radius 1 is 0.267 bits per heavy atom. The molecule has 1 heterocycles. The van der Waals surface area contributed by atoms with Gasteiger partial charge in [0.15, 0.2) is 17.5 Å². The smallest absolute Gasteiger partial charge is 0.164 e. The fraction of sp³-hybridized carbons (Fsp3) is 0.211. The highest BCUT2D eigenvalue weighted by molar-refractivity contribution is 5.91. The van der Waals surface area contributed by atoms with E-state index < -0.39 is 0 Å². The Morgan fingerprint density at radius 2 is 0.683 bits per heavy atom. The number of fused-ring (bicyclic) bond motifs is 10. The molecule has 290 valence electrons. The van der Waals surface area contributed by atoms with Gasteiger partial charge in [0.05, 0.1) is 0 Å². The second kappa shape index (κ2) is 14.1. The van der Waals surface area contributed by atoms with Crippen LogP contribution in [0.2, 0.25) is 0 Å². The molecule has 2 spiro atoms. The highest BCUT2D eigenvalue weighted by Crippen LogP contribution is 2.62. The summed E-state index contributed by atoms with van der Waals surface area (Å²) in [7, 11) is 0. The average Bonchev–Trinajstić information content (AvgIpc) is 3.73. The second-order valence-electron chi connectivity index (χ2n) is 17.7. The number of benzene rings is 7. The van der Waals surface area contributed by atoms with E-state index in [4.69, 9.17) is 15.0 Å². The normalized spacial score (nSPS) is 16.6. The van der Waals surface area contributed by atoms with Crippen molar-refractivity contribution in [3.8, 4) is 78.7 Å². The van der Waals surface area contributed by atoms with Gasteiger partial charge >= 0.3 is 0 Å². The highest BCUT2D eigenvalue weighted by Gasteiger charge is 2.48. The summed E-state index contributed by atoms with van der Waals surface area (Å²) in [5.41, 5.74) is 20.3. The molecule has 1 aromatic heterocycles. The molecule has 4 aliphatic carbocycles. The van der Waals surface area contributed by atoms with Gasteiger partial charge in [0.2, 0.25) is 0 Å². The largest absolute Gasteiger partial charge is 0.208 e. The van der Waals surface area contributed by atoms with Gasteiger partial charge in [-0.1, -0.05) is 178 Å². The third-order valence-corrected chi connectivity index (χ3v) is 14.5. The molecule has 0 N–H and O–H groups in total. The van der Waals surface area contributed by atoms with Gasteiger partial charge in [-0.15, -0.1) is 0 Å². The molecule has 2 saturated carbocycles. The van der Waals surface area contributed by atoms with Crippen molar-refractivity contribution in [1.29, 1.82) is 0 Å². The molecule has 0 atom stereocenters. The number of nitrogens with zero attached hydrogens (tertiary/aromatic N) is 3. The minimum Gasteiger partial charge on any atom is -0.208 e. The van der Waals surface area contributed by atoms with Crippen molar-refractivity contribution in [2.45, 2.75) is 75.0 Å². The highest BCUT2D eigenvalue weighted by atomic mass is 15.0. The molecular formula is C57H47N3. The molecule has 3 nitrogen and oxygen atoms in total. The Morgan fingerprint density at radius 3 is 1.27 bits per heavy atom. The zero-order valence-electron chi connectivity index (χ0n) is 34.0. The van der Waals surface area contributed by atoms with E-state index in [1.54, 1.807) is 22.3 Å². The van der Waals surface area contributed by atoms with Crippen molar-refractivity contribution >= 4 is 0 Å². The Bertz CT molecular complexity index is 2860. The molecule has 0 bridgehead atoms. The van der Waals surface area contributed by atoms with Crippen LogP contribution in [-0.2, 0) is 10.8 Å². The number of hydrogen-bond acceptors (Lipinski definition) is 3. The van der Waals surface area contributed by atoms with Crippen LogP contribution in [0.1, 0.15) is 86.5 Å². The van der Waals surface area contributed by atoms with Gasteiger partial charge in [-0.3, -0.25) is 0 Å². The van der Waals surface area contributed by atoms with E-state index in [0.29, 0.717) is 17.5 Å². The summed E-state index contributed by atoms with van der Waals surface area (Å²) in [4.78, 5) is 14.9. The van der Waals surface area contributed by atoms with Gasteiger partial charge in [0.1, 0.15) is 0 Å². The molecule has 7 aromatic carbocycles. The molecule has 8 aromatic rings. The maximum absolute atomic E-state index is 5.00. The summed E-state index contributed by atoms with van der Waals surface area (Å²) < 4.78 is 0. The van der Waals surface area contributed by atoms with Crippen molar-refractivity contribution < 1.29 is 0 Å². The molecule has 4 aliphatic rings. The van der Waals surface area contributed by atoms with E-state index in [1.807, 2.05) is 36.4 Å². The Kier molecular flexibility index (Phi) is 8.34. The van der Waals surface area contributed by atoms with Crippen molar-refractivity contribution in [3.05, 3.63) is 186 Å². The van der Waals surface area contributed by atoms with E-state index in [0.717, 1.165) is 22.3 Å². The average molecular weight is 774 g/mol. The van der Waals surface area contributed by atoms with Crippen LogP contribution >= 0.6 is 0 Å². The van der Waals surface area contributed by atoms with Crippen LogP contribution in [0.25, 0.3) is 78.7 Å². The first-order valence-corrected chi connectivity index (χ1v) is 22.2. The van der Waals surface area contributed by atoms with Crippen molar-refractivity contribution in [2.24, 2.45) is 0 Å². The summed E-state index contributed by atoms with van der Waals surface area (Å²) in [5.74, 6) is 2.01. The lowest BCUT2D eigenvalue weighted by Gasteiger charge is -2.37. The van der Waals surface area contributed by atoms with E-state index in [9.17, 15) is 0 Å². The molecular weight excluding hydrogens is 727 g/mol. The Hall–Kier alpha value is -6.45. The Balaban J connectivity index is 0.911. The zero-order chi connectivity index (χ0) is 39.7. The van der Waals surface area contributed by atoms with E-state index >= 15 is 0 Å². The van der Waals surface area contributed by atoms with Crippen LogP contribution in [0.3, 0.4) is 0 Å². The third-order valence-electron chi connectivity index (χ3n) is 14.5. The lowest BCUT2D eigenvalue weighted by molar-refractivity contribution is 0.350. The van der Waals surface area contributed by atoms with E-state index in [1.165, 1.54) is 103 Å². The molecule has 60 heavy (non-hydrogen) atoms. The molecule has 3 heteroatoms. The fourth-order valence-corrected chi connectivity index (χ4v) is 11.6. The van der Waals surface area contributed by atoms with Gasteiger partial charge in [-0.2, -0.15) is 0 Å². The molecule has 0 amide bonds. The Labute approximate surface area is 353 Å². The van der Waals surface area contributed by atoms with Crippen LogP contribution in [0, 0.1) is 0 Å². The van der Waals surface area contributed by atoms with Crippen LogP contribution in [0.5, 0.6) is 0 Å². The first kappa shape index (κ1) is 35.5. The minimum absolute atomic E-state index is 0.116. The summed E-state index contributed by atoms with van der Waals surface area (Å²) in [5, 5.41) is 0. The van der Waals surface area contributed by atoms with Gasteiger partial charge < -0.3 is 0 Å². The van der Waals surface area contributed by atoms with Gasteiger partial charge in [0, 0.05) is 27.5 Å². The van der Waals surface area contributed by atoms with E-state index in [-0.39, 0.29) is 10.8 Å².